The molecule has 1 amide bonds. The van der Waals surface area contributed by atoms with Crippen LogP contribution in [0.1, 0.15) is 29.7 Å². The van der Waals surface area contributed by atoms with Gasteiger partial charge in [-0.1, -0.05) is 60.2 Å². The molecule has 0 unspecified atom stereocenters. The molecular formula is C20H21N3O3S. The van der Waals surface area contributed by atoms with E-state index in [9.17, 15) is 13.2 Å². The van der Waals surface area contributed by atoms with E-state index in [1.54, 1.807) is 12.1 Å². The normalized spacial score (nSPS) is 16.9. The van der Waals surface area contributed by atoms with Crippen molar-refractivity contribution in [1.29, 1.82) is 0 Å². The number of benzene rings is 2. The predicted molar refractivity (Wildman–Crippen MR) is 105 cm³/mol. The molecule has 6 nitrogen and oxygen atoms in total. The fourth-order valence-corrected chi connectivity index (χ4v) is 3.63. The van der Waals surface area contributed by atoms with E-state index < -0.39 is 16.1 Å². The predicted octanol–water partition coefficient (Wildman–Crippen LogP) is 2.74. The van der Waals surface area contributed by atoms with Crippen LogP contribution in [0.15, 0.2) is 70.8 Å². The molecule has 0 aromatic heterocycles. The first kappa shape index (κ1) is 18.8. The summed E-state index contributed by atoms with van der Waals surface area (Å²) < 4.78 is 29.6. The van der Waals surface area contributed by atoms with E-state index in [2.05, 4.69) is 9.71 Å². The van der Waals surface area contributed by atoms with Crippen molar-refractivity contribution in [3.05, 3.63) is 83.1 Å². The van der Waals surface area contributed by atoms with Crippen molar-refractivity contribution in [2.75, 3.05) is 7.05 Å². The van der Waals surface area contributed by atoms with E-state index in [-0.39, 0.29) is 17.5 Å². The number of hydrogen-bond donors (Lipinski definition) is 1. The van der Waals surface area contributed by atoms with Gasteiger partial charge in [0.2, 0.25) is 0 Å². The third kappa shape index (κ3) is 4.09. The van der Waals surface area contributed by atoms with Crippen LogP contribution in [0, 0.1) is 6.92 Å². The van der Waals surface area contributed by atoms with E-state index in [1.807, 2.05) is 56.3 Å². The summed E-state index contributed by atoms with van der Waals surface area (Å²) in [5.74, 6) is -0.475. The van der Waals surface area contributed by atoms with Crippen molar-refractivity contribution < 1.29 is 13.2 Å². The minimum Gasteiger partial charge on any atom is -0.344 e. The second-order valence-corrected chi connectivity index (χ2v) is 8.05. The molecule has 1 N–H and O–H groups in total. The zero-order valence-corrected chi connectivity index (χ0v) is 16.2. The molecule has 0 fully saturated rings. The topological polar surface area (TPSA) is 78.8 Å². The van der Waals surface area contributed by atoms with Gasteiger partial charge >= 0.3 is 10.2 Å². The highest BCUT2D eigenvalue weighted by molar-refractivity contribution is 7.88. The van der Waals surface area contributed by atoms with Gasteiger partial charge < -0.3 is 5.32 Å². The van der Waals surface area contributed by atoms with Crippen LogP contribution in [0.5, 0.6) is 0 Å². The molecule has 0 spiro atoms. The second-order valence-electron chi connectivity index (χ2n) is 6.42. The summed E-state index contributed by atoms with van der Waals surface area (Å²) in [6, 6.07) is 16.5. The number of hydrogen-bond acceptors (Lipinski definition) is 3. The Balaban J connectivity index is 1.91. The van der Waals surface area contributed by atoms with Gasteiger partial charge in [-0.25, -0.2) is 4.31 Å². The van der Waals surface area contributed by atoms with Crippen LogP contribution in [0.4, 0.5) is 0 Å². The van der Waals surface area contributed by atoms with Gasteiger partial charge in [0.15, 0.2) is 0 Å². The molecule has 7 heteroatoms. The summed E-state index contributed by atoms with van der Waals surface area (Å²) in [6.45, 7) is 3.79. The smallest absolute Gasteiger partial charge is 0.344 e. The maximum Gasteiger partial charge on any atom is 0.345 e. The number of nitrogens with zero attached hydrogens (tertiary/aromatic N) is 2. The Kier molecular flexibility index (Phi) is 5.14. The number of carbonyl (C=O) groups excluding carboxylic acids is 1. The van der Waals surface area contributed by atoms with Crippen LogP contribution in [-0.2, 0) is 15.0 Å². The van der Waals surface area contributed by atoms with Crippen LogP contribution in [0.2, 0.25) is 0 Å². The summed E-state index contributed by atoms with van der Waals surface area (Å²) >= 11 is 0. The maximum absolute atomic E-state index is 12.8. The molecule has 3 rings (SSSR count). The SMILES string of the molecule is Cc1ccc(C2=NS(=O)(=O)N(C)C(C(=O)N[C@H](C)c3ccccc3)=C2)cc1. The van der Waals surface area contributed by atoms with E-state index in [1.165, 1.54) is 13.1 Å². The molecule has 140 valence electrons. The van der Waals surface area contributed by atoms with E-state index in [4.69, 9.17) is 0 Å². The second kappa shape index (κ2) is 7.36. The molecule has 27 heavy (non-hydrogen) atoms. The highest BCUT2D eigenvalue weighted by Gasteiger charge is 2.30. The van der Waals surface area contributed by atoms with E-state index in [0.29, 0.717) is 5.56 Å². The number of likely N-dealkylation sites (N-methyl/N-ethyl adjacent to an activating group) is 1. The third-order valence-electron chi connectivity index (χ3n) is 4.40. The Hall–Kier alpha value is -2.93. The minimum atomic E-state index is -3.97. The quantitative estimate of drug-likeness (QED) is 0.882. The summed E-state index contributed by atoms with van der Waals surface area (Å²) in [5, 5.41) is 2.85. The Morgan fingerprint density at radius 3 is 2.33 bits per heavy atom. The lowest BCUT2D eigenvalue weighted by Gasteiger charge is -2.25. The summed E-state index contributed by atoms with van der Waals surface area (Å²) in [6.07, 6.45) is 1.50. The van der Waals surface area contributed by atoms with Crippen LogP contribution in [-0.4, -0.2) is 31.4 Å². The largest absolute Gasteiger partial charge is 0.345 e. The van der Waals surface area contributed by atoms with Gasteiger partial charge in [-0.05, 0) is 25.5 Å². The third-order valence-corrected chi connectivity index (χ3v) is 5.72. The first-order chi connectivity index (χ1) is 12.8. The Labute approximate surface area is 159 Å². The number of nitrogens with one attached hydrogen (secondary N) is 1. The van der Waals surface area contributed by atoms with Gasteiger partial charge in [0, 0.05) is 12.6 Å². The molecule has 2 aromatic rings. The fourth-order valence-electron chi connectivity index (χ4n) is 2.72. The van der Waals surface area contributed by atoms with Gasteiger partial charge in [0.25, 0.3) is 5.91 Å². The van der Waals surface area contributed by atoms with Crippen molar-refractivity contribution >= 4 is 21.8 Å². The van der Waals surface area contributed by atoms with E-state index in [0.717, 1.165) is 15.4 Å². The first-order valence-corrected chi connectivity index (χ1v) is 9.91. The maximum atomic E-state index is 12.8. The molecule has 1 heterocycles. The lowest BCUT2D eigenvalue weighted by molar-refractivity contribution is -0.119. The van der Waals surface area contributed by atoms with Crippen molar-refractivity contribution in [3.63, 3.8) is 0 Å². The first-order valence-electron chi connectivity index (χ1n) is 8.51. The molecule has 0 aliphatic carbocycles. The fraction of sp³-hybridized carbons (Fsp3) is 0.200. The summed E-state index contributed by atoms with van der Waals surface area (Å²) in [7, 11) is -2.65. The van der Waals surface area contributed by atoms with Gasteiger partial charge in [-0.2, -0.15) is 8.42 Å². The zero-order chi connectivity index (χ0) is 19.6. The average molecular weight is 383 g/mol. The van der Waals surface area contributed by atoms with Gasteiger partial charge in [0.1, 0.15) is 5.70 Å². The number of carbonyl (C=O) groups is 1. The molecule has 2 aromatic carbocycles. The summed E-state index contributed by atoms with van der Waals surface area (Å²) in [5.41, 5.74) is 2.89. The van der Waals surface area contributed by atoms with Crippen molar-refractivity contribution in [2.24, 2.45) is 4.40 Å². The van der Waals surface area contributed by atoms with Crippen molar-refractivity contribution in [3.8, 4) is 0 Å². The van der Waals surface area contributed by atoms with Gasteiger partial charge in [-0.15, -0.1) is 4.40 Å². The van der Waals surface area contributed by atoms with Gasteiger partial charge in [0.05, 0.1) is 11.8 Å². The summed E-state index contributed by atoms with van der Waals surface area (Å²) in [4.78, 5) is 12.8. The molecule has 1 aliphatic heterocycles. The Morgan fingerprint density at radius 2 is 1.70 bits per heavy atom. The number of rotatable bonds is 4. The van der Waals surface area contributed by atoms with Crippen LogP contribution in [0.25, 0.3) is 0 Å². The molecular weight excluding hydrogens is 362 g/mol. The zero-order valence-electron chi connectivity index (χ0n) is 15.4. The highest BCUT2D eigenvalue weighted by atomic mass is 32.2. The van der Waals surface area contributed by atoms with Crippen LogP contribution < -0.4 is 5.32 Å². The average Bonchev–Trinajstić information content (AvgIpc) is 2.65. The van der Waals surface area contributed by atoms with E-state index >= 15 is 0 Å². The Bertz CT molecular complexity index is 1010. The Morgan fingerprint density at radius 1 is 1.07 bits per heavy atom. The monoisotopic (exact) mass is 383 g/mol. The highest BCUT2D eigenvalue weighted by Crippen LogP contribution is 2.21. The van der Waals surface area contributed by atoms with Crippen molar-refractivity contribution in [1.82, 2.24) is 9.62 Å². The van der Waals surface area contributed by atoms with Crippen LogP contribution >= 0.6 is 0 Å². The molecule has 0 saturated carbocycles. The van der Waals surface area contributed by atoms with Gasteiger partial charge in [-0.3, -0.25) is 4.79 Å². The molecule has 0 bridgehead atoms. The van der Waals surface area contributed by atoms with Crippen molar-refractivity contribution in [2.45, 2.75) is 19.9 Å². The lowest BCUT2D eigenvalue weighted by atomic mass is 10.1. The molecule has 0 radical (unpaired) electrons. The molecule has 1 atom stereocenters. The number of amides is 1. The van der Waals surface area contributed by atoms with Crippen LogP contribution in [0.3, 0.4) is 0 Å². The molecule has 1 aliphatic rings. The number of allylic oxidation sites excluding steroid dienone is 1. The molecule has 0 saturated heterocycles. The number of aryl methyl sites for hydroxylation is 1. The minimum absolute atomic E-state index is 0.0309. The standard InChI is InChI=1S/C20H21N3O3S/c1-14-9-11-17(12-10-14)18-13-19(23(3)27(25,26)22-18)20(24)21-15(2)16-7-5-4-6-8-16/h4-13,15H,1-3H3,(H,21,24)/t15-/m1/s1. The lowest BCUT2D eigenvalue weighted by Crippen LogP contribution is -2.39.